The zero-order valence-electron chi connectivity index (χ0n) is 15.7. The number of aromatic nitrogens is 2. The highest BCUT2D eigenvalue weighted by Crippen LogP contribution is 2.46. The van der Waals surface area contributed by atoms with Crippen LogP contribution in [0.15, 0.2) is 39.2 Å². The first-order valence-corrected chi connectivity index (χ1v) is 10.9. The minimum atomic E-state index is -3.96. The first-order valence-electron chi connectivity index (χ1n) is 8.69. The Morgan fingerprint density at radius 1 is 1.07 bits per heavy atom. The van der Waals surface area contributed by atoms with Gasteiger partial charge >= 0.3 is 6.97 Å². The molecule has 0 radical (unpaired) electrons. The van der Waals surface area contributed by atoms with Gasteiger partial charge in [-0.25, -0.2) is 4.57 Å². The van der Waals surface area contributed by atoms with E-state index >= 15 is 8.63 Å². The van der Waals surface area contributed by atoms with Gasteiger partial charge in [0, 0.05) is 33.9 Å². The highest BCUT2D eigenvalue weighted by Gasteiger charge is 2.57. The van der Waals surface area contributed by atoms with E-state index in [1.165, 1.54) is 8.96 Å². The minimum absolute atomic E-state index is 0.621. The van der Waals surface area contributed by atoms with Crippen molar-refractivity contribution in [1.29, 1.82) is 0 Å². The van der Waals surface area contributed by atoms with Crippen molar-refractivity contribution in [2.75, 3.05) is 0 Å². The first kappa shape index (κ1) is 19.3. The summed E-state index contributed by atoms with van der Waals surface area (Å²) >= 11 is 4.38. The Morgan fingerprint density at radius 3 is 2.37 bits per heavy atom. The molecule has 2 aromatic heterocycles. The summed E-state index contributed by atoms with van der Waals surface area (Å²) in [5.74, 6) is 0. The van der Waals surface area contributed by atoms with Crippen molar-refractivity contribution >= 4 is 63.4 Å². The van der Waals surface area contributed by atoms with Crippen LogP contribution in [0.5, 0.6) is 0 Å². The molecule has 4 rings (SSSR count). The van der Waals surface area contributed by atoms with Crippen LogP contribution in [0.2, 0.25) is 0 Å². The molecule has 140 valence electrons. The SMILES string of the molecule is CC1=C(I)C(C)=[N+]2C1=C(c1cccc[n+]1C)c1c(C)c(I)c(C)n1[B-]2(F)F. The van der Waals surface area contributed by atoms with Crippen LogP contribution >= 0.6 is 45.2 Å². The van der Waals surface area contributed by atoms with Gasteiger partial charge in [0.1, 0.15) is 18.3 Å². The largest absolute Gasteiger partial charge is 0.737 e. The third kappa shape index (κ3) is 2.41. The lowest BCUT2D eigenvalue weighted by molar-refractivity contribution is -0.673. The maximum Gasteiger partial charge on any atom is 0.737 e. The Kier molecular flexibility index (Phi) is 4.45. The van der Waals surface area contributed by atoms with Crippen LogP contribution in [0.3, 0.4) is 0 Å². The van der Waals surface area contributed by atoms with Gasteiger partial charge in [-0.1, -0.05) is 0 Å². The van der Waals surface area contributed by atoms with E-state index in [9.17, 15) is 0 Å². The predicted octanol–water partition coefficient (Wildman–Crippen LogP) is 4.73. The number of halogens is 4. The van der Waals surface area contributed by atoms with Crippen molar-refractivity contribution in [2.24, 2.45) is 7.05 Å². The summed E-state index contributed by atoms with van der Waals surface area (Å²) < 4.78 is 38.0. The van der Waals surface area contributed by atoms with Gasteiger partial charge < -0.3 is 17.6 Å². The Morgan fingerprint density at radius 2 is 1.74 bits per heavy atom. The standard InChI is InChI=1S/C19H19BF2I2N3/c1-10-16(23)12(3)26-18(10)15(14-8-6-7-9-25(14)5)19-11(2)17(24)13(4)27(19)20(26,21)22/h6-9H,1-5H3/q+1. The van der Waals surface area contributed by atoms with E-state index < -0.39 is 6.97 Å². The van der Waals surface area contributed by atoms with Crippen molar-refractivity contribution in [3.8, 4) is 0 Å². The summed E-state index contributed by atoms with van der Waals surface area (Å²) in [6.45, 7) is 3.51. The third-order valence-electron chi connectivity index (χ3n) is 5.61. The van der Waals surface area contributed by atoms with Crippen LogP contribution in [0.25, 0.3) is 5.57 Å². The molecule has 2 aromatic rings. The molecule has 0 spiro atoms. The maximum absolute atomic E-state index is 15.8. The van der Waals surface area contributed by atoms with Crippen LogP contribution in [-0.4, -0.2) is 21.6 Å². The molecule has 3 nitrogen and oxygen atoms in total. The number of aryl methyl sites for hydroxylation is 1. The summed E-state index contributed by atoms with van der Waals surface area (Å²) in [5, 5.41) is 0. The topological polar surface area (TPSA) is 11.8 Å². The number of hydrogen-bond donors (Lipinski definition) is 0. The lowest BCUT2D eigenvalue weighted by atomic mass is 9.85. The Bertz CT molecular complexity index is 1130. The van der Waals surface area contributed by atoms with Gasteiger partial charge in [-0.15, -0.1) is 0 Å². The third-order valence-corrected chi connectivity index (χ3v) is 8.79. The molecular formula is C19H19BF2I2N3+. The van der Waals surface area contributed by atoms with Crippen LogP contribution in [0.1, 0.15) is 36.5 Å². The van der Waals surface area contributed by atoms with E-state index in [0.717, 1.165) is 29.6 Å². The summed E-state index contributed by atoms with van der Waals surface area (Å²) in [4.78, 5) is 0. The van der Waals surface area contributed by atoms with Crippen molar-refractivity contribution in [1.82, 2.24) is 4.48 Å². The molecule has 0 N–H and O–H groups in total. The van der Waals surface area contributed by atoms with E-state index in [1.807, 2.05) is 49.9 Å². The van der Waals surface area contributed by atoms with Gasteiger partial charge in [-0.05, 0) is 83.3 Å². The number of fused-ring (bicyclic) bond motifs is 2. The molecule has 0 atom stereocenters. The number of pyridine rings is 1. The van der Waals surface area contributed by atoms with E-state index in [0.29, 0.717) is 22.8 Å². The van der Waals surface area contributed by atoms with Crippen molar-refractivity contribution in [2.45, 2.75) is 27.7 Å². The molecule has 0 aromatic carbocycles. The Hall–Kier alpha value is -1.04. The number of hydrogen-bond acceptors (Lipinski definition) is 0. The molecule has 0 fully saturated rings. The second-order valence-electron chi connectivity index (χ2n) is 7.15. The lowest BCUT2D eigenvalue weighted by Gasteiger charge is -2.32. The smallest absolute Gasteiger partial charge is 0.392 e. The summed E-state index contributed by atoms with van der Waals surface area (Å²) in [7, 11) is 1.96. The molecule has 4 heterocycles. The molecule has 0 saturated heterocycles. The zero-order chi connectivity index (χ0) is 19.8. The van der Waals surface area contributed by atoms with Crippen LogP contribution in [-0.2, 0) is 7.05 Å². The Labute approximate surface area is 184 Å². The Balaban J connectivity index is 2.27. The fourth-order valence-corrected chi connectivity index (χ4v) is 5.34. The summed E-state index contributed by atoms with van der Waals surface area (Å²) in [5.41, 5.74) is 6.13. The molecule has 8 heteroatoms. The summed E-state index contributed by atoms with van der Waals surface area (Å²) in [6, 6.07) is 5.91. The predicted molar refractivity (Wildman–Crippen MR) is 121 cm³/mol. The quantitative estimate of drug-likeness (QED) is 0.258. The number of allylic oxidation sites excluding steroid dienone is 2. The molecule has 2 aliphatic heterocycles. The number of rotatable bonds is 1. The molecular weight excluding hydrogens is 573 g/mol. The fourth-order valence-electron chi connectivity index (χ4n) is 4.30. The van der Waals surface area contributed by atoms with Gasteiger partial charge in [0.05, 0.1) is 3.58 Å². The van der Waals surface area contributed by atoms with Crippen LogP contribution < -0.4 is 4.57 Å². The maximum atomic E-state index is 15.8. The van der Waals surface area contributed by atoms with E-state index in [-0.39, 0.29) is 0 Å². The molecule has 0 bridgehead atoms. The number of nitrogens with zero attached hydrogens (tertiary/aromatic N) is 3. The zero-order valence-corrected chi connectivity index (χ0v) is 20.1. The van der Waals surface area contributed by atoms with Gasteiger partial charge in [0.25, 0.3) is 0 Å². The molecule has 0 aliphatic carbocycles. The molecule has 27 heavy (non-hydrogen) atoms. The minimum Gasteiger partial charge on any atom is -0.392 e. The van der Waals surface area contributed by atoms with Crippen molar-refractivity contribution in [3.05, 3.63) is 65.5 Å². The van der Waals surface area contributed by atoms with Gasteiger partial charge in [-0.3, -0.25) is 0 Å². The normalized spacial score (nSPS) is 18.4. The van der Waals surface area contributed by atoms with Crippen LogP contribution in [0, 0.1) is 17.4 Å². The summed E-state index contributed by atoms with van der Waals surface area (Å²) in [6.07, 6.45) is 1.96. The fraction of sp³-hybridized carbons (Fsp3) is 0.263. The van der Waals surface area contributed by atoms with E-state index in [4.69, 9.17) is 0 Å². The van der Waals surface area contributed by atoms with Gasteiger partial charge in [0.15, 0.2) is 11.9 Å². The highest BCUT2D eigenvalue weighted by atomic mass is 127. The molecule has 0 amide bonds. The monoisotopic (exact) mass is 592 g/mol. The average molecular weight is 592 g/mol. The first-order chi connectivity index (χ1) is 12.6. The van der Waals surface area contributed by atoms with E-state index in [1.54, 1.807) is 13.8 Å². The van der Waals surface area contributed by atoms with E-state index in [2.05, 4.69) is 45.2 Å². The second-order valence-corrected chi connectivity index (χ2v) is 9.30. The van der Waals surface area contributed by atoms with Crippen molar-refractivity contribution in [3.63, 3.8) is 0 Å². The lowest BCUT2D eigenvalue weighted by Crippen LogP contribution is -2.52. The van der Waals surface area contributed by atoms with Crippen molar-refractivity contribution < 1.29 is 17.7 Å². The highest BCUT2D eigenvalue weighted by molar-refractivity contribution is 14.1. The van der Waals surface area contributed by atoms with Gasteiger partial charge in [-0.2, -0.15) is 0 Å². The second kappa shape index (κ2) is 6.23. The molecule has 0 unspecified atom stereocenters. The molecule has 0 saturated carbocycles. The van der Waals surface area contributed by atoms with Gasteiger partial charge in [0.2, 0.25) is 5.69 Å². The molecule has 2 aliphatic rings. The van der Waals surface area contributed by atoms with Crippen LogP contribution in [0.4, 0.5) is 8.63 Å². The average Bonchev–Trinajstić information content (AvgIpc) is 2.98.